The highest BCUT2D eigenvalue weighted by Gasteiger charge is 2.30. The van der Waals surface area contributed by atoms with E-state index in [0.717, 1.165) is 32.6 Å². The average molecular weight is 509 g/mol. The van der Waals surface area contributed by atoms with Gasteiger partial charge in [-0.25, -0.2) is 18.4 Å². The number of sulfonamides is 1. The Morgan fingerprint density at radius 3 is 1.97 bits per heavy atom. The third-order valence-electron chi connectivity index (χ3n) is 5.59. The molecule has 0 saturated carbocycles. The Bertz CT molecular complexity index is 1350. The molecule has 0 radical (unpaired) electrons. The second-order valence-corrected chi connectivity index (χ2v) is 10.4. The van der Waals surface area contributed by atoms with Crippen LogP contribution in [0.1, 0.15) is 0 Å². The second kappa shape index (κ2) is 8.61. The molecule has 0 atom stereocenters. The molecule has 1 aliphatic rings. The van der Waals surface area contributed by atoms with Crippen molar-refractivity contribution < 1.29 is 8.42 Å². The Labute approximate surface area is 195 Å². The fourth-order valence-electron chi connectivity index (χ4n) is 3.90. The topological polar surface area (TPSA) is 66.4 Å². The van der Waals surface area contributed by atoms with Gasteiger partial charge in [0.1, 0.15) is 5.69 Å². The lowest BCUT2D eigenvalue weighted by molar-refractivity contribution is 0.384. The maximum Gasteiger partial charge on any atom is 0.243 e. The number of nitrogens with zero attached hydrogens (tertiary/aromatic N) is 4. The molecule has 2 heterocycles. The summed E-state index contributed by atoms with van der Waals surface area (Å²) in [6.07, 6.45) is 0. The number of piperazine rings is 1. The predicted molar refractivity (Wildman–Crippen MR) is 130 cm³/mol. The number of hydrogen-bond acceptors (Lipinski definition) is 5. The van der Waals surface area contributed by atoms with Crippen LogP contribution in [0.25, 0.3) is 22.3 Å². The molecule has 1 aliphatic heterocycles. The van der Waals surface area contributed by atoms with E-state index in [-0.39, 0.29) is 0 Å². The number of halogens is 1. The van der Waals surface area contributed by atoms with Gasteiger partial charge < -0.3 is 4.90 Å². The summed E-state index contributed by atoms with van der Waals surface area (Å²) in [7, 11) is -3.53. The molecule has 0 N–H and O–H groups in total. The van der Waals surface area contributed by atoms with Crippen molar-refractivity contribution in [2.45, 2.75) is 4.90 Å². The first-order valence-electron chi connectivity index (χ1n) is 10.4. The lowest BCUT2D eigenvalue weighted by Crippen LogP contribution is -2.49. The van der Waals surface area contributed by atoms with Gasteiger partial charge in [-0.2, -0.15) is 4.31 Å². The summed E-state index contributed by atoms with van der Waals surface area (Å²) in [5.74, 6) is 0.788. The van der Waals surface area contributed by atoms with Crippen molar-refractivity contribution in [1.29, 1.82) is 0 Å². The fraction of sp³-hybridized carbons (Fsp3) is 0.167. The highest BCUT2D eigenvalue weighted by molar-refractivity contribution is 9.10. The van der Waals surface area contributed by atoms with Crippen LogP contribution in [0.15, 0.2) is 88.2 Å². The van der Waals surface area contributed by atoms with Crippen LogP contribution in [0.2, 0.25) is 0 Å². The summed E-state index contributed by atoms with van der Waals surface area (Å²) >= 11 is 3.36. The maximum absolute atomic E-state index is 13.1. The molecule has 0 unspecified atom stereocenters. The Morgan fingerprint density at radius 1 is 0.719 bits per heavy atom. The first-order chi connectivity index (χ1) is 15.5. The second-order valence-electron chi connectivity index (χ2n) is 7.60. The van der Waals surface area contributed by atoms with Gasteiger partial charge >= 0.3 is 0 Å². The minimum atomic E-state index is -3.53. The van der Waals surface area contributed by atoms with E-state index in [1.807, 2.05) is 54.6 Å². The first-order valence-corrected chi connectivity index (χ1v) is 12.6. The van der Waals surface area contributed by atoms with Crippen molar-refractivity contribution in [3.8, 4) is 11.3 Å². The first kappa shape index (κ1) is 21.1. The normalized spacial score (nSPS) is 15.2. The van der Waals surface area contributed by atoms with Crippen molar-refractivity contribution in [3.63, 3.8) is 0 Å². The van der Waals surface area contributed by atoms with Crippen LogP contribution >= 0.6 is 15.9 Å². The van der Waals surface area contributed by atoms with Gasteiger partial charge in [0.15, 0.2) is 5.82 Å². The van der Waals surface area contributed by atoms with E-state index in [0.29, 0.717) is 31.1 Å². The van der Waals surface area contributed by atoms with Crippen LogP contribution in [0.3, 0.4) is 0 Å². The lowest BCUT2D eigenvalue weighted by Gasteiger charge is -2.35. The van der Waals surface area contributed by atoms with Crippen molar-refractivity contribution in [2.75, 3.05) is 31.1 Å². The molecular weight excluding hydrogens is 488 g/mol. The maximum atomic E-state index is 13.1. The number of fused-ring (bicyclic) bond motifs is 1. The molecule has 1 aromatic heterocycles. The van der Waals surface area contributed by atoms with Gasteiger partial charge in [0.05, 0.1) is 15.9 Å². The molecule has 1 fully saturated rings. The van der Waals surface area contributed by atoms with Gasteiger partial charge in [-0.1, -0.05) is 58.4 Å². The zero-order chi connectivity index (χ0) is 22.1. The molecule has 0 amide bonds. The van der Waals surface area contributed by atoms with Crippen LogP contribution in [0.5, 0.6) is 0 Å². The van der Waals surface area contributed by atoms with E-state index in [9.17, 15) is 8.42 Å². The molecule has 5 rings (SSSR count). The summed E-state index contributed by atoms with van der Waals surface area (Å²) in [4.78, 5) is 12.3. The Kier molecular flexibility index (Phi) is 5.67. The van der Waals surface area contributed by atoms with E-state index >= 15 is 0 Å². The lowest BCUT2D eigenvalue weighted by atomic mass is 10.1. The molecule has 1 saturated heterocycles. The molecule has 6 nitrogen and oxygen atoms in total. The number of para-hydroxylation sites is 2. The summed E-state index contributed by atoms with van der Waals surface area (Å²) in [5, 5.41) is 0. The third kappa shape index (κ3) is 4.01. The van der Waals surface area contributed by atoms with Gasteiger partial charge in [0, 0.05) is 36.2 Å². The highest BCUT2D eigenvalue weighted by atomic mass is 79.9. The zero-order valence-electron chi connectivity index (χ0n) is 17.2. The highest BCUT2D eigenvalue weighted by Crippen LogP contribution is 2.31. The minimum Gasteiger partial charge on any atom is -0.352 e. The summed E-state index contributed by atoms with van der Waals surface area (Å²) in [6.45, 7) is 1.87. The molecular formula is C24H21BrN4O2S. The molecule has 8 heteroatoms. The van der Waals surface area contributed by atoms with Crippen molar-refractivity contribution >= 4 is 42.8 Å². The molecule has 162 valence electrons. The number of rotatable bonds is 4. The van der Waals surface area contributed by atoms with Crippen LogP contribution in [0, 0.1) is 0 Å². The SMILES string of the molecule is O=S(=O)(c1ccc(Br)cc1)N1CCN(c2nc3ccccc3nc2-c2ccccc2)CC1. The molecule has 0 spiro atoms. The number of benzene rings is 3. The van der Waals surface area contributed by atoms with Gasteiger partial charge in [0.2, 0.25) is 10.0 Å². The molecule has 3 aromatic carbocycles. The van der Waals surface area contributed by atoms with Crippen LogP contribution in [0.4, 0.5) is 5.82 Å². The van der Waals surface area contributed by atoms with Gasteiger partial charge in [-0.15, -0.1) is 0 Å². The molecule has 0 aliphatic carbocycles. The number of hydrogen-bond donors (Lipinski definition) is 0. The Morgan fingerprint density at radius 2 is 1.31 bits per heavy atom. The van der Waals surface area contributed by atoms with Crippen LogP contribution in [-0.2, 0) is 10.0 Å². The Hall–Kier alpha value is -2.81. The minimum absolute atomic E-state index is 0.310. The van der Waals surface area contributed by atoms with Gasteiger partial charge in [-0.05, 0) is 36.4 Å². The standard InChI is InChI=1S/C24H21BrN4O2S/c25-19-10-12-20(13-11-19)32(30,31)29-16-14-28(15-17-29)24-23(18-6-2-1-3-7-18)26-21-8-4-5-9-22(21)27-24/h1-13H,14-17H2. The molecule has 0 bridgehead atoms. The molecule has 32 heavy (non-hydrogen) atoms. The molecule has 4 aromatic rings. The summed E-state index contributed by atoms with van der Waals surface area (Å²) in [6, 6.07) is 24.6. The number of anilines is 1. The summed E-state index contributed by atoms with van der Waals surface area (Å²) in [5.41, 5.74) is 3.47. The quantitative estimate of drug-likeness (QED) is 0.403. The van der Waals surface area contributed by atoms with Gasteiger partial charge in [0.25, 0.3) is 0 Å². The number of aromatic nitrogens is 2. The fourth-order valence-corrected chi connectivity index (χ4v) is 5.58. The van der Waals surface area contributed by atoms with Crippen LogP contribution < -0.4 is 4.90 Å². The van der Waals surface area contributed by atoms with Crippen molar-refractivity contribution in [1.82, 2.24) is 14.3 Å². The monoisotopic (exact) mass is 508 g/mol. The van der Waals surface area contributed by atoms with E-state index in [4.69, 9.17) is 9.97 Å². The van der Waals surface area contributed by atoms with Crippen molar-refractivity contribution in [3.05, 3.63) is 83.3 Å². The van der Waals surface area contributed by atoms with E-state index in [2.05, 4.69) is 20.8 Å². The van der Waals surface area contributed by atoms with E-state index in [1.54, 1.807) is 28.6 Å². The zero-order valence-corrected chi connectivity index (χ0v) is 19.6. The largest absolute Gasteiger partial charge is 0.352 e. The Balaban J connectivity index is 1.45. The van der Waals surface area contributed by atoms with E-state index < -0.39 is 10.0 Å². The smallest absolute Gasteiger partial charge is 0.243 e. The third-order valence-corrected chi connectivity index (χ3v) is 8.03. The average Bonchev–Trinajstić information content (AvgIpc) is 2.84. The van der Waals surface area contributed by atoms with E-state index in [1.165, 1.54) is 0 Å². The summed E-state index contributed by atoms with van der Waals surface area (Å²) < 4.78 is 28.5. The van der Waals surface area contributed by atoms with Crippen molar-refractivity contribution in [2.24, 2.45) is 0 Å². The predicted octanol–water partition coefficient (Wildman–Crippen LogP) is 4.57. The van der Waals surface area contributed by atoms with Gasteiger partial charge in [-0.3, -0.25) is 0 Å². The van der Waals surface area contributed by atoms with Crippen LogP contribution in [-0.4, -0.2) is 48.9 Å².